The molecule has 1 aromatic heterocycles. The van der Waals surface area contributed by atoms with Gasteiger partial charge in [-0.15, -0.1) is 0 Å². The van der Waals surface area contributed by atoms with E-state index in [1.54, 1.807) is 42.6 Å². The van der Waals surface area contributed by atoms with Crippen LogP contribution >= 0.6 is 0 Å². The molecule has 1 heterocycles. The van der Waals surface area contributed by atoms with E-state index >= 15 is 0 Å². The molecule has 0 atom stereocenters. The molecule has 0 saturated heterocycles. The molecule has 4 nitrogen and oxygen atoms in total. The first-order valence-electron chi connectivity index (χ1n) is 8.80. The number of anilines is 1. The molecule has 4 rings (SSSR count). The number of halogens is 1. The van der Waals surface area contributed by atoms with E-state index in [-0.39, 0.29) is 5.69 Å². The second kappa shape index (κ2) is 7.48. The van der Waals surface area contributed by atoms with Gasteiger partial charge in [-0.1, -0.05) is 48.5 Å². The fourth-order valence-corrected chi connectivity index (χ4v) is 2.93. The number of nitrogens with zero attached hydrogens (tertiary/aromatic N) is 1. The van der Waals surface area contributed by atoms with Crippen LogP contribution in [0.15, 0.2) is 83.4 Å². The molecule has 0 bridgehead atoms. The van der Waals surface area contributed by atoms with Crippen molar-refractivity contribution in [3.05, 3.63) is 95.9 Å². The molecule has 0 aliphatic rings. The fourth-order valence-electron chi connectivity index (χ4n) is 2.93. The third kappa shape index (κ3) is 3.55. The number of carbonyl (C=O) groups excluding carboxylic acids is 1. The lowest BCUT2D eigenvalue weighted by molar-refractivity contribution is 0.102. The third-order valence-electron chi connectivity index (χ3n) is 4.34. The van der Waals surface area contributed by atoms with Crippen LogP contribution in [0.25, 0.3) is 22.8 Å². The Hall–Kier alpha value is -3.73. The van der Waals surface area contributed by atoms with Gasteiger partial charge >= 0.3 is 0 Å². The number of aryl methyl sites for hydroxylation is 1. The van der Waals surface area contributed by atoms with Crippen molar-refractivity contribution in [3.8, 4) is 22.8 Å². The second-order valence-corrected chi connectivity index (χ2v) is 6.38. The van der Waals surface area contributed by atoms with Gasteiger partial charge in [0.05, 0.1) is 17.4 Å². The third-order valence-corrected chi connectivity index (χ3v) is 4.34. The van der Waals surface area contributed by atoms with Crippen molar-refractivity contribution in [2.45, 2.75) is 6.92 Å². The molecule has 4 aromatic rings. The van der Waals surface area contributed by atoms with Gasteiger partial charge in [0.2, 0.25) is 5.89 Å². The molecular weight excluding hydrogens is 355 g/mol. The summed E-state index contributed by atoms with van der Waals surface area (Å²) in [6.07, 6.45) is 1.62. The quantitative estimate of drug-likeness (QED) is 0.499. The Kier molecular flexibility index (Phi) is 4.72. The summed E-state index contributed by atoms with van der Waals surface area (Å²) in [7, 11) is 0. The predicted molar refractivity (Wildman–Crippen MR) is 106 cm³/mol. The largest absolute Gasteiger partial charge is 0.436 e. The minimum Gasteiger partial charge on any atom is -0.436 e. The van der Waals surface area contributed by atoms with Crippen molar-refractivity contribution in [2.75, 3.05) is 5.32 Å². The Labute approximate surface area is 161 Å². The zero-order chi connectivity index (χ0) is 19.5. The second-order valence-electron chi connectivity index (χ2n) is 6.38. The number of hydrogen-bond acceptors (Lipinski definition) is 3. The topological polar surface area (TPSA) is 55.1 Å². The highest BCUT2D eigenvalue weighted by atomic mass is 19.1. The molecule has 0 fully saturated rings. The number of rotatable bonds is 4. The fraction of sp³-hybridized carbons (Fsp3) is 0.0435. The lowest BCUT2D eigenvalue weighted by Crippen LogP contribution is -2.14. The van der Waals surface area contributed by atoms with E-state index in [9.17, 15) is 9.18 Å². The van der Waals surface area contributed by atoms with Gasteiger partial charge in [0.25, 0.3) is 5.91 Å². The summed E-state index contributed by atoms with van der Waals surface area (Å²) in [5.41, 5.74) is 2.77. The van der Waals surface area contributed by atoms with Gasteiger partial charge in [-0.05, 0) is 36.8 Å². The van der Waals surface area contributed by atoms with Crippen LogP contribution in [-0.2, 0) is 0 Å². The van der Waals surface area contributed by atoms with Crippen LogP contribution in [0.2, 0.25) is 0 Å². The van der Waals surface area contributed by atoms with E-state index < -0.39 is 11.7 Å². The number of aromatic nitrogens is 1. The Morgan fingerprint density at radius 3 is 2.57 bits per heavy atom. The number of amides is 1. The number of benzene rings is 3. The van der Waals surface area contributed by atoms with Crippen LogP contribution < -0.4 is 5.32 Å². The summed E-state index contributed by atoms with van der Waals surface area (Å²) >= 11 is 0. The maximum atomic E-state index is 14.0. The minimum absolute atomic E-state index is 0.136. The van der Waals surface area contributed by atoms with Crippen molar-refractivity contribution in [1.82, 2.24) is 4.98 Å². The highest BCUT2D eigenvalue weighted by Gasteiger charge is 2.18. The lowest BCUT2D eigenvalue weighted by atomic mass is 10.1. The Morgan fingerprint density at radius 2 is 1.75 bits per heavy atom. The average molecular weight is 372 g/mol. The molecule has 138 valence electrons. The molecule has 28 heavy (non-hydrogen) atoms. The van der Waals surface area contributed by atoms with Gasteiger partial charge < -0.3 is 9.73 Å². The molecule has 1 N–H and O–H groups in total. The van der Waals surface area contributed by atoms with Crippen LogP contribution in [0.4, 0.5) is 10.1 Å². The van der Waals surface area contributed by atoms with Gasteiger partial charge in [0.1, 0.15) is 5.82 Å². The SMILES string of the molecule is Cc1ccc(F)c(NC(=O)c2ccccc2-c2ncc(-c3ccccc3)o2)c1. The Bertz CT molecular complexity index is 1140. The first kappa shape index (κ1) is 17.7. The van der Waals surface area contributed by atoms with Crippen molar-refractivity contribution >= 4 is 11.6 Å². The Morgan fingerprint density at radius 1 is 1.00 bits per heavy atom. The van der Waals surface area contributed by atoms with Crippen LogP contribution in [-0.4, -0.2) is 10.9 Å². The minimum atomic E-state index is -0.487. The van der Waals surface area contributed by atoms with E-state index in [0.29, 0.717) is 22.8 Å². The first-order chi connectivity index (χ1) is 13.6. The summed E-state index contributed by atoms with van der Waals surface area (Å²) in [6, 6.07) is 21.1. The lowest BCUT2D eigenvalue weighted by Gasteiger charge is -2.09. The van der Waals surface area contributed by atoms with E-state index in [2.05, 4.69) is 10.3 Å². The molecule has 0 aliphatic carbocycles. The summed E-state index contributed by atoms with van der Waals surface area (Å²) in [4.78, 5) is 17.1. The standard InChI is InChI=1S/C23H17FN2O2/c1-15-11-12-19(24)20(13-15)26-22(27)17-9-5-6-10-18(17)23-25-14-21(28-23)16-7-3-2-4-8-16/h2-14H,1H3,(H,26,27). The number of nitrogens with one attached hydrogen (secondary N) is 1. The highest BCUT2D eigenvalue weighted by molar-refractivity contribution is 6.08. The van der Waals surface area contributed by atoms with E-state index in [0.717, 1.165) is 11.1 Å². The monoisotopic (exact) mass is 372 g/mol. The molecule has 5 heteroatoms. The smallest absolute Gasteiger partial charge is 0.256 e. The highest BCUT2D eigenvalue weighted by Crippen LogP contribution is 2.29. The molecule has 0 unspecified atom stereocenters. The van der Waals surface area contributed by atoms with E-state index in [1.807, 2.05) is 37.3 Å². The van der Waals surface area contributed by atoms with Gasteiger partial charge in [0, 0.05) is 11.1 Å². The molecule has 1 amide bonds. The average Bonchev–Trinajstić information content (AvgIpc) is 3.21. The van der Waals surface area contributed by atoms with Crippen molar-refractivity contribution in [2.24, 2.45) is 0 Å². The summed E-state index contributed by atoms with van der Waals surface area (Å²) < 4.78 is 19.9. The van der Waals surface area contributed by atoms with Gasteiger partial charge in [-0.3, -0.25) is 4.79 Å². The van der Waals surface area contributed by atoms with Crippen LogP contribution in [0.1, 0.15) is 15.9 Å². The summed E-state index contributed by atoms with van der Waals surface area (Å²) in [6.45, 7) is 1.83. The van der Waals surface area contributed by atoms with Crippen molar-refractivity contribution in [1.29, 1.82) is 0 Å². The molecule has 0 saturated carbocycles. The molecule has 0 radical (unpaired) electrons. The zero-order valence-corrected chi connectivity index (χ0v) is 15.1. The van der Waals surface area contributed by atoms with Gasteiger partial charge in [-0.25, -0.2) is 9.37 Å². The summed E-state index contributed by atoms with van der Waals surface area (Å²) in [5.74, 6) is 0.0170. The van der Waals surface area contributed by atoms with E-state index in [4.69, 9.17) is 4.42 Å². The summed E-state index contributed by atoms with van der Waals surface area (Å²) in [5, 5.41) is 2.63. The number of oxazole rings is 1. The zero-order valence-electron chi connectivity index (χ0n) is 15.1. The maximum absolute atomic E-state index is 14.0. The normalized spacial score (nSPS) is 10.6. The molecule has 0 spiro atoms. The number of carbonyl (C=O) groups is 1. The Balaban J connectivity index is 1.67. The number of hydrogen-bond donors (Lipinski definition) is 1. The van der Waals surface area contributed by atoms with E-state index in [1.165, 1.54) is 6.07 Å². The van der Waals surface area contributed by atoms with Gasteiger partial charge in [-0.2, -0.15) is 0 Å². The predicted octanol–water partition coefficient (Wildman–Crippen LogP) is 5.71. The van der Waals surface area contributed by atoms with Crippen molar-refractivity contribution < 1.29 is 13.6 Å². The molecule has 3 aromatic carbocycles. The van der Waals surface area contributed by atoms with Crippen LogP contribution in [0, 0.1) is 12.7 Å². The maximum Gasteiger partial charge on any atom is 0.256 e. The molecular formula is C23H17FN2O2. The molecule has 0 aliphatic heterocycles. The first-order valence-corrected chi connectivity index (χ1v) is 8.80. The van der Waals surface area contributed by atoms with Crippen molar-refractivity contribution in [3.63, 3.8) is 0 Å². The van der Waals surface area contributed by atoms with Gasteiger partial charge in [0.15, 0.2) is 5.76 Å². The van der Waals surface area contributed by atoms with Crippen LogP contribution in [0.5, 0.6) is 0 Å². The van der Waals surface area contributed by atoms with Crippen LogP contribution in [0.3, 0.4) is 0 Å².